The molecular weight excluding hydrogens is 252 g/mol. The van der Waals surface area contributed by atoms with Gasteiger partial charge in [0, 0.05) is 19.3 Å². The van der Waals surface area contributed by atoms with Gasteiger partial charge in [-0.05, 0) is 44.2 Å². The van der Waals surface area contributed by atoms with E-state index >= 15 is 0 Å². The Morgan fingerprint density at radius 3 is 2.85 bits per heavy atom. The Bertz CT molecular complexity index is 417. The second kappa shape index (κ2) is 7.39. The molecule has 0 amide bonds. The molecule has 1 atom stereocenters. The molecule has 3 N–H and O–H groups in total. The predicted octanol–water partition coefficient (Wildman–Crippen LogP) is 3.28. The number of rotatable bonds is 6. The topological polar surface area (TPSA) is 56.5 Å². The van der Waals surface area contributed by atoms with Crippen molar-refractivity contribution >= 4 is 11.4 Å². The van der Waals surface area contributed by atoms with Gasteiger partial charge in [-0.3, -0.25) is 0 Å². The van der Waals surface area contributed by atoms with E-state index in [4.69, 9.17) is 15.2 Å². The Morgan fingerprint density at radius 2 is 2.15 bits per heavy atom. The average molecular weight is 278 g/mol. The molecule has 0 radical (unpaired) electrons. The molecule has 0 spiro atoms. The number of hydrogen-bond donors (Lipinski definition) is 2. The van der Waals surface area contributed by atoms with Gasteiger partial charge in [-0.2, -0.15) is 0 Å². The molecule has 112 valence electrons. The van der Waals surface area contributed by atoms with E-state index in [1.165, 1.54) is 0 Å². The van der Waals surface area contributed by atoms with Crippen molar-refractivity contribution in [3.8, 4) is 5.75 Å². The molecular formula is C16H26N2O2. The number of ether oxygens (including phenoxy) is 2. The summed E-state index contributed by atoms with van der Waals surface area (Å²) in [6, 6.07) is 6.32. The van der Waals surface area contributed by atoms with E-state index in [0.29, 0.717) is 24.3 Å². The molecule has 0 aliphatic carbocycles. The summed E-state index contributed by atoms with van der Waals surface area (Å²) in [4.78, 5) is 0. The van der Waals surface area contributed by atoms with Crippen LogP contribution < -0.4 is 15.8 Å². The molecule has 2 rings (SSSR count). The van der Waals surface area contributed by atoms with Crippen LogP contribution in [-0.4, -0.2) is 25.9 Å². The first kappa shape index (κ1) is 15.0. The number of nitrogens with one attached hydrogen (secondary N) is 1. The van der Waals surface area contributed by atoms with Crippen LogP contribution in [0.3, 0.4) is 0 Å². The number of anilines is 2. The maximum absolute atomic E-state index is 6.19. The lowest BCUT2D eigenvalue weighted by atomic mass is 9.92. The first-order valence-corrected chi connectivity index (χ1v) is 7.58. The molecule has 0 saturated carbocycles. The zero-order valence-electron chi connectivity index (χ0n) is 12.5. The highest BCUT2D eigenvalue weighted by Gasteiger charge is 2.21. The van der Waals surface area contributed by atoms with Crippen LogP contribution in [0.4, 0.5) is 11.4 Å². The van der Waals surface area contributed by atoms with Crippen molar-refractivity contribution in [1.29, 1.82) is 0 Å². The minimum atomic E-state index is 0.391. The van der Waals surface area contributed by atoms with Crippen molar-refractivity contribution in [1.82, 2.24) is 0 Å². The van der Waals surface area contributed by atoms with E-state index < -0.39 is 0 Å². The van der Waals surface area contributed by atoms with E-state index in [0.717, 1.165) is 43.9 Å². The van der Waals surface area contributed by atoms with Gasteiger partial charge in [-0.15, -0.1) is 0 Å². The summed E-state index contributed by atoms with van der Waals surface area (Å²) in [5, 5.41) is 3.54. The van der Waals surface area contributed by atoms with Gasteiger partial charge >= 0.3 is 0 Å². The largest absolute Gasteiger partial charge is 0.491 e. The van der Waals surface area contributed by atoms with Gasteiger partial charge in [0.2, 0.25) is 0 Å². The summed E-state index contributed by atoms with van der Waals surface area (Å²) in [6.07, 6.45) is 3.20. The normalized spacial score (nSPS) is 17.7. The Morgan fingerprint density at radius 1 is 1.40 bits per heavy atom. The third-order valence-corrected chi connectivity index (χ3v) is 3.88. The van der Waals surface area contributed by atoms with Crippen molar-refractivity contribution < 1.29 is 9.47 Å². The molecule has 4 heteroatoms. The number of para-hydroxylation sites is 1. The first-order valence-electron chi connectivity index (χ1n) is 7.58. The van der Waals surface area contributed by atoms with E-state index in [-0.39, 0.29) is 0 Å². The highest BCUT2D eigenvalue weighted by atomic mass is 16.5. The monoisotopic (exact) mass is 278 g/mol. The molecule has 1 aliphatic rings. The number of hydrogen-bond acceptors (Lipinski definition) is 4. The summed E-state index contributed by atoms with van der Waals surface area (Å²) in [7, 11) is 0. The van der Waals surface area contributed by atoms with Gasteiger partial charge in [0.25, 0.3) is 0 Å². The minimum Gasteiger partial charge on any atom is -0.491 e. The van der Waals surface area contributed by atoms with Gasteiger partial charge in [-0.1, -0.05) is 13.0 Å². The third kappa shape index (κ3) is 3.79. The summed E-state index contributed by atoms with van der Waals surface area (Å²) < 4.78 is 11.1. The summed E-state index contributed by atoms with van der Waals surface area (Å²) in [6.45, 7) is 6.74. The number of nitrogen functional groups attached to an aromatic ring is 1. The summed E-state index contributed by atoms with van der Waals surface area (Å²) in [5.41, 5.74) is 7.87. The quantitative estimate of drug-likeness (QED) is 0.784. The third-order valence-electron chi connectivity index (χ3n) is 3.88. The number of nitrogens with two attached hydrogens (primary N) is 1. The molecule has 1 unspecified atom stereocenters. The maximum Gasteiger partial charge on any atom is 0.144 e. The maximum atomic E-state index is 6.19. The highest BCUT2D eigenvalue weighted by Crippen LogP contribution is 2.31. The molecule has 0 bridgehead atoms. The van der Waals surface area contributed by atoms with Gasteiger partial charge in [0.15, 0.2) is 0 Å². The molecule has 20 heavy (non-hydrogen) atoms. The molecule has 1 fully saturated rings. The van der Waals surface area contributed by atoms with Crippen LogP contribution in [0, 0.1) is 5.92 Å². The van der Waals surface area contributed by atoms with Crippen molar-refractivity contribution in [2.45, 2.75) is 39.2 Å². The lowest BCUT2D eigenvalue weighted by molar-refractivity contribution is 0.0622. The fraction of sp³-hybridized carbons (Fsp3) is 0.625. The molecule has 1 aliphatic heterocycles. The lowest BCUT2D eigenvalue weighted by Crippen LogP contribution is -2.31. The molecule has 1 saturated heterocycles. The Labute approximate surface area is 121 Å². The standard InChI is InChI=1S/C16H26N2O2/c1-3-9-20-15-6-4-5-14(16(15)17)18-12(2)13-7-10-19-11-8-13/h4-6,12-13,18H,3,7-11,17H2,1-2H3. The summed E-state index contributed by atoms with van der Waals surface area (Å²) >= 11 is 0. The molecule has 1 aromatic carbocycles. The fourth-order valence-corrected chi connectivity index (χ4v) is 2.59. The highest BCUT2D eigenvalue weighted by molar-refractivity contribution is 5.73. The Balaban J connectivity index is 2.00. The van der Waals surface area contributed by atoms with Gasteiger partial charge < -0.3 is 20.5 Å². The average Bonchev–Trinajstić information content (AvgIpc) is 2.49. The first-order chi connectivity index (χ1) is 9.72. The molecule has 0 aromatic heterocycles. The van der Waals surface area contributed by atoms with Crippen molar-refractivity contribution in [3.05, 3.63) is 18.2 Å². The second-order valence-electron chi connectivity index (χ2n) is 5.45. The van der Waals surface area contributed by atoms with Gasteiger partial charge in [0.1, 0.15) is 5.75 Å². The van der Waals surface area contributed by atoms with Crippen LogP contribution in [0.5, 0.6) is 5.75 Å². The molecule has 4 nitrogen and oxygen atoms in total. The minimum absolute atomic E-state index is 0.391. The summed E-state index contributed by atoms with van der Waals surface area (Å²) in [5.74, 6) is 1.42. The van der Waals surface area contributed by atoms with Crippen LogP contribution in [0.15, 0.2) is 18.2 Å². The molecule has 1 aromatic rings. The number of benzene rings is 1. The van der Waals surface area contributed by atoms with E-state index in [9.17, 15) is 0 Å². The van der Waals surface area contributed by atoms with Crippen LogP contribution in [0.2, 0.25) is 0 Å². The van der Waals surface area contributed by atoms with Crippen molar-refractivity contribution in [2.24, 2.45) is 5.92 Å². The van der Waals surface area contributed by atoms with Crippen LogP contribution in [0.1, 0.15) is 33.1 Å². The Hall–Kier alpha value is -1.42. The van der Waals surface area contributed by atoms with E-state index in [1.54, 1.807) is 0 Å². The SMILES string of the molecule is CCCOc1cccc(NC(C)C2CCOCC2)c1N. The van der Waals surface area contributed by atoms with Crippen molar-refractivity contribution in [3.63, 3.8) is 0 Å². The van der Waals surface area contributed by atoms with E-state index in [2.05, 4.69) is 19.2 Å². The van der Waals surface area contributed by atoms with Crippen LogP contribution in [0.25, 0.3) is 0 Å². The second-order valence-corrected chi connectivity index (χ2v) is 5.45. The van der Waals surface area contributed by atoms with E-state index in [1.807, 2.05) is 18.2 Å². The van der Waals surface area contributed by atoms with Crippen molar-refractivity contribution in [2.75, 3.05) is 30.9 Å². The zero-order chi connectivity index (χ0) is 14.4. The predicted molar refractivity (Wildman–Crippen MR) is 83.3 cm³/mol. The fourth-order valence-electron chi connectivity index (χ4n) is 2.59. The van der Waals surface area contributed by atoms with Crippen LogP contribution >= 0.6 is 0 Å². The lowest BCUT2D eigenvalue weighted by Gasteiger charge is -2.29. The van der Waals surface area contributed by atoms with Gasteiger partial charge in [-0.25, -0.2) is 0 Å². The van der Waals surface area contributed by atoms with Gasteiger partial charge in [0.05, 0.1) is 18.0 Å². The zero-order valence-corrected chi connectivity index (χ0v) is 12.5. The van der Waals surface area contributed by atoms with Crippen LogP contribution in [-0.2, 0) is 4.74 Å². The molecule has 1 heterocycles. The Kier molecular flexibility index (Phi) is 5.53. The smallest absolute Gasteiger partial charge is 0.144 e.